The maximum Gasteiger partial charge on any atom is 0.312 e. The Hall–Kier alpha value is -1.89. The highest BCUT2D eigenvalue weighted by atomic mass is 16.4. The van der Waals surface area contributed by atoms with Crippen LogP contribution in [0.15, 0.2) is 12.7 Å². The smallest absolute Gasteiger partial charge is 0.312 e. The van der Waals surface area contributed by atoms with E-state index in [0.717, 1.165) is 32.1 Å². The minimum Gasteiger partial charge on any atom is -0.550 e. The van der Waals surface area contributed by atoms with Crippen molar-refractivity contribution in [3.8, 4) is 0 Å². The molecular weight excluding hydrogens is 386 g/mol. The lowest BCUT2D eigenvalue weighted by atomic mass is 9.95. The summed E-state index contributed by atoms with van der Waals surface area (Å²) in [5, 5.41) is 31.0. The molecule has 0 rings (SSSR count). The number of hydrogen-bond acceptors (Lipinski definition) is 4. The highest BCUT2D eigenvalue weighted by molar-refractivity contribution is 5.70. The molecule has 0 saturated heterocycles. The number of carboxylic acid groups (broad SMARTS) is 3. The van der Waals surface area contributed by atoms with Gasteiger partial charge in [-0.2, -0.15) is 0 Å². The van der Waals surface area contributed by atoms with Gasteiger partial charge in [0.05, 0.1) is 32.1 Å². The van der Waals surface area contributed by atoms with Gasteiger partial charge in [-0.15, -0.1) is 6.58 Å². The third kappa shape index (κ3) is 10.2. The first-order chi connectivity index (χ1) is 14.2. The Kier molecular flexibility index (Phi) is 14.0. The number of carbonyl (C=O) groups excluding carboxylic acids is 1. The summed E-state index contributed by atoms with van der Waals surface area (Å²) in [5.74, 6) is -5.01. The first-order valence-electron chi connectivity index (χ1n) is 11.3. The zero-order chi connectivity index (χ0) is 23.2. The Labute approximate surface area is 181 Å². The Morgan fingerprint density at radius 3 is 1.63 bits per heavy atom. The van der Waals surface area contributed by atoms with Gasteiger partial charge >= 0.3 is 11.9 Å². The molecule has 3 atom stereocenters. The van der Waals surface area contributed by atoms with Gasteiger partial charge in [-0.25, -0.2) is 0 Å². The molecule has 2 N–H and O–H groups in total. The van der Waals surface area contributed by atoms with Crippen LogP contribution in [0.4, 0.5) is 0 Å². The summed E-state index contributed by atoms with van der Waals surface area (Å²) in [6, 6.07) is 0. The maximum atomic E-state index is 11.8. The average Bonchev–Trinajstić information content (AvgIpc) is 2.70. The fourth-order valence-electron chi connectivity index (χ4n) is 4.12. The van der Waals surface area contributed by atoms with Gasteiger partial charge in [0, 0.05) is 5.92 Å². The lowest BCUT2D eigenvalue weighted by molar-refractivity contribution is -0.935. The number of carboxylic acids is 3. The lowest BCUT2D eigenvalue weighted by Gasteiger charge is -2.44. The molecule has 0 aliphatic heterocycles. The molecule has 0 bridgehead atoms. The molecule has 0 fully saturated rings. The molecule has 30 heavy (non-hydrogen) atoms. The average molecular weight is 428 g/mol. The fourth-order valence-corrected chi connectivity index (χ4v) is 4.12. The van der Waals surface area contributed by atoms with Crippen molar-refractivity contribution < 1.29 is 34.2 Å². The van der Waals surface area contributed by atoms with Gasteiger partial charge in [0.25, 0.3) is 0 Å². The van der Waals surface area contributed by atoms with E-state index >= 15 is 0 Å². The molecule has 7 heteroatoms. The highest BCUT2D eigenvalue weighted by Crippen LogP contribution is 2.25. The van der Waals surface area contributed by atoms with E-state index in [2.05, 4.69) is 6.58 Å². The van der Waals surface area contributed by atoms with Gasteiger partial charge in [0.2, 0.25) is 0 Å². The second-order valence-electron chi connectivity index (χ2n) is 8.42. The monoisotopic (exact) mass is 427 g/mol. The van der Waals surface area contributed by atoms with Gasteiger partial charge in [-0.3, -0.25) is 9.59 Å². The first-order valence-corrected chi connectivity index (χ1v) is 11.3. The topological polar surface area (TPSA) is 115 Å². The predicted octanol–water partition coefficient (Wildman–Crippen LogP) is 2.94. The maximum absolute atomic E-state index is 11.8. The summed E-state index contributed by atoms with van der Waals surface area (Å²) in [6.45, 7) is 10.4. The molecule has 0 heterocycles. The van der Waals surface area contributed by atoms with E-state index in [4.69, 9.17) is 0 Å². The number of quaternary nitrogens is 1. The largest absolute Gasteiger partial charge is 0.550 e. The van der Waals surface area contributed by atoms with Crippen molar-refractivity contribution in [2.75, 3.05) is 26.2 Å². The van der Waals surface area contributed by atoms with E-state index in [1.807, 2.05) is 6.08 Å². The van der Waals surface area contributed by atoms with E-state index in [1.165, 1.54) is 0 Å². The van der Waals surface area contributed by atoms with Crippen molar-refractivity contribution in [3.63, 3.8) is 0 Å². The third-order valence-corrected chi connectivity index (χ3v) is 6.12. The van der Waals surface area contributed by atoms with Crippen LogP contribution < -0.4 is 5.11 Å². The number of nitrogens with zero attached hydrogens (tertiary/aromatic N) is 1. The summed E-state index contributed by atoms with van der Waals surface area (Å²) in [4.78, 5) is 35.2. The van der Waals surface area contributed by atoms with Crippen molar-refractivity contribution in [3.05, 3.63) is 12.7 Å². The molecular formula is C23H41NO6. The summed E-state index contributed by atoms with van der Waals surface area (Å²) in [6.07, 6.45) is 7.79. The lowest BCUT2D eigenvalue weighted by Crippen LogP contribution is -2.59. The van der Waals surface area contributed by atoms with E-state index in [-0.39, 0.29) is 24.1 Å². The molecule has 0 aliphatic rings. The van der Waals surface area contributed by atoms with Crippen molar-refractivity contribution in [2.45, 2.75) is 72.1 Å². The number of hydrogen-bond donors (Lipinski definition) is 2. The predicted molar refractivity (Wildman–Crippen MR) is 115 cm³/mol. The van der Waals surface area contributed by atoms with Crippen LogP contribution in [0, 0.1) is 17.8 Å². The summed E-state index contributed by atoms with van der Waals surface area (Å²) >= 11 is 0. The number of rotatable bonds is 19. The van der Waals surface area contributed by atoms with Crippen LogP contribution in [-0.2, 0) is 14.4 Å². The third-order valence-electron chi connectivity index (χ3n) is 6.12. The van der Waals surface area contributed by atoms with E-state index < -0.39 is 35.7 Å². The molecule has 0 saturated carbocycles. The van der Waals surface area contributed by atoms with Crippen LogP contribution in [0.25, 0.3) is 0 Å². The molecule has 0 radical (unpaired) electrons. The fraction of sp³-hybridized carbons (Fsp3) is 0.783. The number of carbonyl (C=O) groups is 3. The van der Waals surface area contributed by atoms with Crippen molar-refractivity contribution in [2.24, 2.45) is 17.8 Å². The molecule has 0 amide bonds. The van der Waals surface area contributed by atoms with E-state index in [1.54, 1.807) is 20.8 Å². The van der Waals surface area contributed by atoms with Gasteiger partial charge < -0.3 is 24.6 Å². The second-order valence-corrected chi connectivity index (χ2v) is 8.42. The van der Waals surface area contributed by atoms with Gasteiger partial charge in [0.15, 0.2) is 0 Å². The quantitative estimate of drug-likeness (QED) is 0.186. The van der Waals surface area contributed by atoms with Crippen molar-refractivity contribution in [1.29, 1.82) is 0 Å². The normalized spacial score (nSPS) is 16.2. The van der Waals surface area contributed by atoms with Gasteiger partial charge in [-0.05, 0) is 44.9 Å². The van der Waals surface area contributed by atoms with Crippen molar-refractivity contribution in [1.82, 2.24) is 0 Å². The van der Waals surface area contributed by atoms with Crippen LogP contribution in [-0.4, -0.2) is 58.8 Å². The summed E-state index contributed by atoms with van der Waals surface area (Å²) in [5.41, 5.74) is 0. The molecule has 7 nitrogen and oxygen atoms in total. The molecule has 0 spiro atoms. The standard InChI is InChI=1S/C23H41NO6/c1-5-9-10-11-12-13-14-24(15-18(6-2)21(25)26,16-19(7-3)22(27)28)17-20(8-4)23(29)30/h5,18-20H,1,6-17H2,2-4H3,(H2-,25,26,27,28,29,30). The number of unbranched alkanes of at least 4 members (excludes halogenated alkanes) is 4. The number of allylic oxidation sites excluding steroid dienone is 1. The summed E-state index contributed by atoms with van der Waals surface area (Å²) < 4.78 is 0.198. The molecule has 0 aromatic heterocycles. The Bertz CT molecular complexity index is 488. The molecule has 174 valence electrons. The second kappa shape index (κ2) is 15.0. The van der Waals surface area contributed by atoms with Gasteiger partial charge in [-0.1, -0.05) is 33.3 Å². The minimum atomic E-state index is -1.15. The Morgan fingerprint density at radius 1 is 0.833 bits per heavy atom. The van der Waals surface area contributed by atoms with Crippen LogP contribution in [0.3, 0.4) is 0 Å². The van der Waals surface area contributed by atoms with Gasteiger partial charge in [0.1, 0.15) is 11.8 Å². The van der Waals surface area contributed by atoms with Crippen LogP contribution in [0.1, 0.15) is 72.1 Å². The van der Waals surface area contributed by atoms with Crippen LogP contribution in [0.5, 0.6) is 0 Å². The molecule has 0 aromatic carbocycles. The van der Waals surface area contributed by atoms with E-state index in [9.17, 15) is 29.7 Å². The first kappa shape index (κ1) is 28.1. The Morgan fingerprint density at radius 2 is 1.27 bits per heavy atom. The number of aliphatic carboxylic acids is 3. The molecule has 0 aliphatic carbocycles. The Balaban J connectivity index is 5.81. The molecule has 3 unspecified atom stereocenters. The van der Waals surface area contributed by atoms with Crippen LogP contribution in [0.2, 0.25) is 0 Å². The summed E-state index contributed by atoms with van der Waals surface area (Å²) in [7, 11) is 0. The highest BCUT2D eigenvalue weighted by Gasteiger charge is 2.39. The SMILES string of the molecule is C=CCCCCCC[N+](CC(CC)C(=O)[O-])(CC(CC)C(=O)O)CC(CC)C(=O)O. The molecule has 0 aromatic rings. The zero-order valence-corrected chi connectivity index (χ0v) is 19.0. The van der Waals surface area contributed by atoms with Crippen molar-refractivity contribution >= 4 is 17.9 Å². The van der Waals surface area contributed by atoms with E-state index in [0.29, 0.717) is 25.8 Å². The zero-order valence-electron chi connectivity index (χ0n) is 19.0. The van der Waals surface area contributed by atoms with Crippen LogP contribution >= 0.6 is 0 Å². The minimum absolute atomic E-state index is 0.198.